The van der Waals surface area contributed by atoms with Gasteiger partial charge in [0.05, 0.1) is 10.7 Å². The van der Waals surface area contributed by atoms with Crippen molar-refractivity contribution in [2.45, 2.75) is 18.8 Å². The van der Waals surface area contributed by atoms with Crippen molar-refractivity contribution in [3.8, 4) is 5.69 Å². The van der Waals surface area contributed by atoms with Gasteiger partial charge in [-0.3, -0.25) is 0 Å². The topological polar surface area (TPSA) is 68.0 Å². The Morgan fingerprint density at radius 1 is 1.47 bits per heavy atom. The third kappa shape index (κ3) is 2.37. The lowest BCUT2D eigenvalue weighted by atomic mass is 10.3. The fourth-order valence-electron chi connectivity index (χ4n) is 1.83. The maximum Gasteiger partial charge on any atom is 0.375 e. The Kier molecular flexibility index (Phi) is 3.06. The average Bonchev–Trinajstić information content (AvgIpc) is 3.11. The molecule has 98 valence electrons. The molecule has 1 fully saturated rings. The quantitative estimate of drug-likeness (QED) is 0.929. The van der Waals surface area contributed by atoms with Gasteiger partial charge in [-0.2, -0.15) is 0 Å². The first-order valence-electron chi connectivity index (χ1n) is 5.72. The van der Waals surface area contributed by atoms with Gasteiger partial charge in [-0.25, -0.2) is 14.5 Å². The standard InChI is InChI=1S/C12H9BrClN3O2/c13-8-5-7(3-4-9(8)14)17-11(6-1-2-6)15-10(16-17)12(18)19/h3-6H,1-2H2,(H,18,19). The van der Waals surface area contributed by atoms with E-state index in [9.17, 15) is 4.79 Å². The molecule has 0 atom stereocenters. The number of halogens is 2. The van der Waals surface area contributed by atoms with E-state index in [4.69, 9.17) is 16.7 Å². The molecule has 3 rings (SSSR count). The van der Waals surface area contributed by atoms with E-state index < -0.39 is 5.97 Å². The molecule has 1 heterocycles. The number of carboxylic acids is 1. The Morgan fingerprint density at radius 2 is 2.21 bits per heavy atom. The summed E-state index contributed by atoms with van der Waals surface area (Å²) in [6.07, 6.45) is 2.04. The molecule has 0 saturated heterocycles. The van der Waals surface area contributed by atoms with Crippen molar-refractivity contribution in [3.05, 3.63) is 39.3 Å². The minimum atomic E-state index is -1.12. The zero-order valence-electron chi connectivity index (χ0n) is 9.68. The number of rotatable bonds is 3. The molecular formula is C12H9BrClN3O2. The Morgan fingerprint density at radius 3 is 2.79 bits per heavy atom. The third-order valence-electron chi connectivity index (χ3n) is 2.91. The van der Waals surface area contributed by atoms with E-state index in [1.807, 2.05) is 0 Å². The van der Waals surface area contributed by atoms with Crippen molar-refractivity contribution >= 4 is 33.5 Å². The third-order valence-corrected chi connectivity index (χ3v) is 4.13. The van der Waals surface area contributed by atoms with Gasteiger partial charge in [0.1, 0.15) is 5.82 Å². The van der Waals surface area contributed by atoms with Gasteiger partial charge in [-0.1, -0.05) is 11.6 Å². The van der Waals surface area contributed by atoms with E-state index >= 15 is 0 Å². The highest BCUT2D eigenvalue weighted by molar-refractivity contribution is 9.10. The molecule has 1 aromatic carbocycles. The molecule has 0 bridgehead atoms. The second kappa shape index (κ2) is 4.61. The molecule has 1 aliphatic rings. The monoisotopic (exact) mass is 341 g/mol. The molecule has 7 heteroatoms. The molecule has 1 aliphatic carbocycles. The van der Waals surface area contributed by atoms with E-state index in [-0.39, 0.29) is 5.82 Å². The second-order valence-electron chi connectivity index (χ2n) is 4.38. The van der Waals surface area contributed by atoms with Crippen LogP contribution < -0.4 is 0 Å². The molecule has 1 N–H and O–H groups in total. The summed E-state index contributed by atoms with van der Waals surface area (Å²) >= 11 is 9.30. The first kappa shape index (κ1) is 12.6. The van der Waals surface area contributed by atoms with Gasteiger partial charge >= 0.3 is 5.97 Å². The summed E-state index contributed by atoms with van der Waals surface area (Å²) in [5.41, 5.74) is 0.748. The molecule has 1 saturated carbocycles. The number of carbonyl (C=O) groups is 1. The number of carboxylic acid groups (broad SMARTS) is 1. The van der Waals surface area contributed by atoms with Gasteiger partial charge in [0.2, 0.25) is 0 Å². The van der Waals surface area contributed by atoms with Crippen LogP contribution in [0.5, 0.6) is 0 Å². The van der Waals surface area contributed by atoms with Crippen LogP contribution in [0.3, 0.4) is 0 Å². The Bertz CT molecular complexity index is 667. The zero-order chi connectivity index (χ0) is 13.6. The van der Waals surface area contributed by atoms with Crippen LogP contribution in [-0.4, -0.2) is 25.8 Å². The van der Waals surface area contributed by atoms with Crippen LogP contribution in [0, 0.1) is 0 Å². The van der Waals surface area contributed by atoms with Crippen LogP contribution in [0.15, 0.2) is 22.7 Å². The van der Waals surface area contributed by atoms with Crippen LogP contribution in [0.1, 0.15) is 35.2 Å². The Balaban J connectivity index is 2.12. The van der Waals surface area contributed by atoms with Crippen molar-refractivity contribution in [3.63, 3.8) is 0 Å². The summed E-state index contributed by atoms with van der Waals surface area (Å²) < 4.78 is 2.32. The summed E-state index contributed by atoms with van der Waals surface area (Å²) in [7, 11) is 0. The minimum Gasteiger partial charge on any atom is -0.475 e. The molecule has 0 amide bonds. The molecule has 1 aromatic heterocycles. The lowest BCUT2D eigenvalue weighted by Gasteiger charge is -2.06. The number of hydrogen-bond acceptors (Lipinski definition) is 3. The van der Waals surface area contributed by atoms with E-state index in [2.05, 4.69) is 26.0 Å². The summed E-state index contributed by atoms with van der Waals surface area (Å²) in [6, 6.07) is 5.33. The molecule has 0 unspecified atom stereocenters. The highest BCUT2D eigenvalue weighted by Gasteiger charge is 2.31. The first-order valence-corrected chi connectivity index (χ1v) is 6.89. The maximum absolute atomic E-state index is 11.0. The fraction of sp³-hybridized carbons (Fsp3) is 0.250. The lowest BCUT2D eigenvalue weighted by Crippen LogP contribution is -2.03. The van der Waals surface area contributed by atoms with Crippen LogP contribution >= 0.6 is 27.5 Å². The number of benzene rings is 1. The molecule has 0 radical (unpaired) electrons. The maximum atomic E-state index is 11.0. The molecule has 0 aliphatic heterocycles. The van der Waals surface area contributed by atoms with Gasteiger partial charge in [-0.15, -0.1) is 5.10 Å². The highest BCUT2D eigenvalue weighted by atomic mass is 79.9. The minimum absolute atomic E-state index is 0.173. The molecule has 2 aromatic rings. The van der Waals surface area contributed by atoms with Crippen LogP contribution in [0.2, 0.25) is 5.02 Å². The van der Waals surface area contributed by atoms with Gasteiger partial charge < -0.3 is 5.11 Å². The summed E-state index contributed by atoms with van der Waals surface area (Å²) in [4.78, 5) is 15.1. The number of nitrogens with zero attached hydrogens (tertiary/aromatic N) is 3. The average molecular weight is 343 g/mol. The van der Waals surface area contributed by atoms with E-state index in [0.717, 1.165) is 23.0 Å². The van der Waals surface area contributed by atoms with Crippen molar-refractivity contribution in [2.75, 3.05) is 0 Å². The van der Waals surface area contributed by atoms with Crippen molar-refractivity contribution in [1.82, 2.24) is 14.8 Å². The van der Waals surface area contributed by atoms with Gasteiger partial charge in [0.25, 0.3) is 5.82 Å². The molecular weight excluding hydrogens is 334 g/mol. The van der Waals surface area contributed by atoms with E-state index in [1.165, 1.54) is 0 Å². The van der Waals surface area contributed by atoms with Gasteiger partial charge in [-0.05, 0) is 47.0 Å². The predicted molar refractivity (Wildman–Crippen MR) is 73.0 cm³/mol. The highest BCUT2D eigenvalue weighted by Crippen LogP contribution is 2.40. The predicted octanol–water partition coefficient (Wildman–Crippen LogP) is 3.26. The van der Waals surface area contributed by atoms with Crippen molar-refractivity contribution in [2.24, 2.45) is 0 Å². The Hall–Kier alpha value is -1.40. The fourth-order valence-corrected chi connectivity index (χ4v) is 2.31. The lowest BCUT2D eigenvalue weighted by molar-refractivity contribution is 0.0683. The molecule has 5 nitrogen and oxygen atoms in total. The van der Waals surface area contributed by atoms with Gasteiger partial charge in [0, 0.05) is 10.4 Å². The molecule has 19 heavy (non-hydrogen) atoms. The van der Waals surface area contributed by atoms with Crippen LogP contribution in [-0.2, 0) is 0 Å². The largest absolute Gasteiger partial charge is 0.475 e. The van der Waals surface area contributed by atoms with Crippen LogP contribution in [0.4, 0.5) is 0 Å². The summed E-state index contributed by atoms with van der Waals surface area (Å²) in [5, 5.41) is 13.6. The summed E-state index contributed by atoms with van der Waals surface area (Å²) in [5.74, 6) is -0.289. The summed E-state index contributed by atoms with van der Waals surface area (Å²) in [6.45, 7) is 0. The number of aromatic carboxylic acids is 1. The Labute approximate surface area is 122 Å². The normalized spacial score (nSPS) is 14.6. The SMILES string of the molecule is O=C(O)c1nc(C2CC2)n(-c2ccc(Cl)c(Br)c2)n1. The molecule has 0 spiro atoms. The van der Waals surface area contributed by atoms with Gasteiger partial charge in [0.15, 0.2) is 0 Å². The smallest absolute Gasteiger partial charge is 0.375 e. The first-order chi connectivity index (χ1) is 9.06. The van der Waals surface area contributed by atoms with E-state index in [1.54, 1.807) is 22.9 Å². The van der Waals surface area contributed by atoms with E-state index in [0.29, 0.717) is 16.8 Å². The van der Waals surface area contributed by atoms with Crippen molar-refractivity contribution in [1.29, 1.82) is 0 Å². The second-order valence-corrected chi connectivity index (χ2v) is 5.64. The van der Waals surface area contributed by atoms with Crippen molar-refractivity contribution < 1.29 is 9.90 Å². The number of aromatic nitrogens is 3. The zero-order valence-corrected chi connectivity index (χ0v) is 12.0. The number of hydrogen-bond donors (Lipinski definition) is 1. The van der Waals surface area contributed by atoms with Crippen LogP contribution in [0.25, 0.3) is 5.69 Å².